The highest BCUT2D eigenvalue weighted by Gasteiger charge is 2.36. The quantitative estimate of drug-likeness (QED) is 0.594. The third-order valence-electron chi connectivity index (χ3n) is 4.94. The van der Waals surface area contributed by atoms with E-state index in [1.54, 1.807) is 26.0 Å². The van der Waals surface area contributed by atoms with Gasteiger partial charge in [0.15, 0.2) is 16.6 Å². The van der Waals surface area contributed by atoms with Gasteiger partial charge in [0.25, 0.3) is 0 Å². The molecule has 172 valence electrons. The number of benzene rings is 1. The molecule has 32 heavy (non-hydrogen) atoms. The predicted octanol–water partition coefficient (Wildman–Crippen LogP) is 2.65. The molecule has 1 aliphatic heterocycles. The molecule has 1 aromatic heterocycles. The summed E-state index contributed by atoms with van der Waals surface area (Å²) < 4.78 is 21.0. The zero-order valence-electron chi connectivity index (χ0n) is 18.5. The molecule has 2 amide bonds. The van der Waals surface area contributed by atoms with E-state index < -0.39 is 11.9 Å². The Bertz CT molecular complexity index is 1010. The summed E-state index contributed by atoms with van der Waals surface area (Å²) in [5.74, 6) is -0.389. The number of nitrogens with one attached hydrogen (secondary N) is 1. The van der Waals surface area contributed by atoms with Gasteiger partial charge in [0.1, 0.15) is 4.88 Å². The highest BCUT2D eigenvalue weighted by Crippen LogP contribution is 2.42. The average Bonchev–Trinajstić information content (AvgIpc) is 3.35. The van der Waals surface area contributed by atoms with Gasteiger partial charge < -0.3 is 29.2 Å². The summed E-state index contributed by atoms with van der Waals surface area (Å²) in [6.45, 7) is 3.81. The lowest BCUT2D eigenvalue weighted by Crippen LogP contribution is -2.28. The normalized spacial score (nSPS) is 15.5. The van der Waals surface area contributed by atoms with E-state index >= 15 is 0 Å². The summed E-state index contributed by atoms with van der Waals surface area (Å²) >= 11 is 1.04. The topological polar surface area (TPSA) is 116 Å². The Kier molecular flexibility index (Phi) is 7.18. The van der Waals surface area contributed by atoms with Crippen LogP contribution in [0.5, 0.6) is 17.2 Å². The molecule has 1 aromatic carbocycles. The van der Waals surface area contributed by atoms with Gasteiger partial charge in [-0.3, -0.25) is 9.59 Å². The van der Waals surface area contributed by atoms with Gasteiger partial charge in [-0.1, -0.05) is 11.3 Å². The molecule has 1 unspecified atom stereocenters. The van der Waals surface area contributed by atoms with Crippen LogP contribution in [0.1, 0.15) is 28.7 Å². The van der Waals surface area contributed by atoms with Crippen molar-refractivity contribution in [2.24, 2.45) is 5.92 Å². The molecule has 1 N–H and O–H groups in total. The van der Waals surface area contributed by atoms with Gasteiger partial charge in [0.05, 0.1) is 45.2 Å². The number of ether oxygens (including phenoxy) is 4. The summed E-state index contributed by atoms with van der Waals surface area (Å²) in [7, 11) is 4.47. The Hall–Kier alpha value is -3.34. The number of methoxy groups -OCH3 is 3. The maximum absolute atomic E-state index is 12.8. The molecule has 2 heterocycles. The number of esters is 1. The average molecular weight is 464 g/mol. The SMILES string of the molecule is CCOC(=O)c1sc(NC(=O)C2CC(=O)N(c3cc(OC)c(OC)c(OC)c3)C2)nc1C. The number of carbonyl (C=O) groups excluding carboxylic acids is 3. The standard InChI is InChI=1S/C21H25N3O7S/c1-6-31-20(27)18-11(2)22-21(32-18)23-19(26)12-7-16(25)24(10-12)13-8-14(28-3)17(30-5)15(9-13)29-4/h8-9,12H,6-7,10H2,1-5H3,(H,22,23,26). The minimum atomic E-state index is -0.586. The Morgan fingerprint density at radius 2 is 1.84 bits per heavy atom. The van der Waals surface area contributed by atoms with Crippen LogP contribution in [0.4, 0.5) is 10.8 Å². The Morgan fingerprint density at radius 1 is 1.19 bits per heavy atom. The fourth-order valence-electron chi connectivity index (χ4n) is 3.40. The van der Waals surface area contributed by atoms with E-state index in [1.807, 2.05) is 0 Å². The van der Waals surface area contributed by atoms with Crippen molar-refractivity contribution in [3.63, 3.8) is 0 Å². The lowest BCUT2D eigenvalue weighted by atomic mass is 10.1. The second-order valence-electron chi connectivity index (χ2n) is 6.93. The molecule has 1 saturated heterocycles. The molecule has 0 aliphatic carbocycles. The molecule has 1 atom stereocenters. The molecule has 0 spiro atoms. The van der Waals surface area contributed by atoms with Crippen LogP contribution in [0.15, 0.2) is 12.1 Å². The van der Waals surface area contributed by atoms with Gasteiger partial charge in [-0.25, -0.2) is 9.78 Å². The highest BCUT2D eigenvalue weighted by molar-refractivity contribution is 7.17. The first-order valence-electron chi connectivity index (χ1n) is 9.88. The van der Waals surface area contributed by atoms with Crippen LogP contribution >= 0.6 is 11.3 Å². The van der Waals surface area contributed by atoms with E-state index in [4.69, 9.17) is 18.9 Å². The number of hydrogen-bond acceptors (Lipinski definition) is 9. The fourth-order valence-corrected chi connectivity index (χ4v) is 4.26. The molecule has 2 aromatic rings. The second kappa shape index (κ2) is 9.86. The number of anilines is 2. The van der Waals surface area contributed by atoms with Crippen LogP contribution < -0.4 is 24.4 Å². The van der Waals surface area contributed by atoms with Crippen LogP contribution in [0.2, 0.25) is 0 Å². The molecule has 0 saturated carbocycles. The third-order valence-corrected chi connectivity index (χ3v) is 6.00. The molecule has 0 radical (unpaired) electrons. The van der Waals surface area contributed by atoms with Crippen molar-refractivity contribution in [1.82, 2.24) is 4.98 Å². The first kappa shape index (κ1) is 23.3. The summed E-state index contributed by atoms with van der Waals surface area (Å²) in [5.41, 5.74) is 1.01. The van der Waals surface area contributed by atoms with Crippen LogP contribution in [-0.4, -0.2) is 57.2 Å². The lowest BCUT2D eigenvalue weighted by molar-refractivity contribution is -0.122. The fraction of sp³-hybridized carbons (Fsp3) is 0.429. The van der Waals surface area contributed by atoms with E-state index in [0.717, 1.165) is 11.3 Å². The minimum absolute atomic E-state index is 0.0393. The largest absolute Gasteiger partial charge is 0.493 e. The van der Waals surface area contributed by atoms with Gasteiger partial charge in [-0.05, 0) is 13.8 Å². The first-order valence-corrected chi connectivity index (χ1v) is 10.7. The summed E-state index contributed by atoms with van der Waals surface area (Å²) in [6.07, 6.45) is 0.0393. The summed E-state index contributed by atoms with van der Waals surface area (Å²) in [4.78, 5) is 43.5. The predicted molar refractivity (Wildman–Crippen MR) is 118 cm³/mol. The van der Waals surface area contributed by atoms with Crippen molar-refractivity contribution in [2.45, 2.75) is 20.3 Å². The third kappa shape index (κ3) is 4.62. The van der Waals surface area contributed by atoms with E-state index in [9.17, 15) is 14.4 Å². The number of aromatic nitrogens is 1. The summed E-state index contributed by atoms with van der Waals surface area (Å²) in [6, 6.07) is 3.32. The van der Waals surface area contributed by atoms with Gasteiger partial charge in [-0.2, -0.15) is 0 Å². The number of nitrogens with zero attached hydrogens (tertiary/aromatic N) is 2. The van der Waals surface area contributed by atoms with Crippen molar-refractivity contribution >= 4 is 39.9 Å². The van der Waals surface area contributed by atoms with Crippen molar-refractivity contribution in [3.05, 3.63) is 22.7 Å². The van der Waals surface area contributed by atoms with Crippen LogP contribution in [-0.2, 0) is 14.3 Å². The maximum atomic E-state index is 12.8. The Morgan fingerprint density at radius 3 is 2.41 bits per heavy atom. The van der Waals surface area contributed by atoms with E-state index in [1.165, 1.54) is 26.2 Å². The zero-order valence-corrected chi connectivity index (χ0v) is 19.3. The van der Waals surface area contributed by atoms with Crippen molar-refractivity contribution in [3.8, 4) is 17.2 Å². The molecule has 1 fully saturated rings. The molecular weight excluding hydrogens is 438 g/mol. The van der Waals surface area contributed by atoms with Gasteiger partial charge in [-0.15, -0.1) is 0 Å². The molecule has 11 heteroatoms. The van der Waals surface area contributed by atoms with Gasteiger partial charge in [0, 0.05) is 25.1 Å². The number of carbonyl (C=O) groups is 3. The smallest absolute Gasteiger partial charge is 0.350 e. The minimum Gasteiger partial charge on any atom is -0.493 e. The van der Waals surface area contributed by atoms with E-state index in [-0.39, 0.29) is 36.5 Å². The zero-order chi connectivity index (χ0) is 23.4. The van der Waals surface area contributed by atoms with Crippen molar-refractivity contribution in [1.29, 1.82) is 0 Å². The molecular formula is C21H25N3O7S. The molecule has 3 rings (SSSR count). The lowest BCUT2D eigenvalue weighted by Gasteiger charge is -2.20. The molecule has 0 bridgehead atoms. The summed E-state index contributed by atoms with van der Waals surface area (Å²) in [5, 5.41) is 3.00. The molecule has 1 aliphatic rings. The van der Waals surface area contributed by atoms with Gasteiger partial charge >= 0.3 is 5.97 Å². The molecule has 10 nitrogen and oxygen atoms in total. The second-order valence-corrected chi connectivity index (χ2v) is 7.93. The number of aryl methyl sites for hydroxylation is 1. The van der Waals surface area contributed by atoms with Crippen LogP contribution in [0, 0.1) is 12.8 Å². The number of amides is 2. The Balaban J connectivity index is 1.75. The van der Waals surface area contributed by atoms with E-state index in [0.29, 0.717) is 33.5 Å². The number of rotatable bonds is 8. The van der Waals surface area contributed by atoms with Crippen LogP contribution in [0.25, 0.3) is 0 Å². The monoisotopic (exact) mass is 463 g/mol. The number of thiazole rings is 1. The van der Waals surface area contributed by atoms with Crippen molar-refractivity contribution in [2.75, 3.05) is 44.7 Å². The highest BCUT2D eigenvalue weighted by atomic mass is 32.1. The van der Waals surface area contributed by atoms with Crippen molar-refractivity contribution < 1.29 is 33.3 Å². The van der Waals surface area contributed by atoms with Gasteiger partial charge in [0.2, 0.25) is 17.6 Å². The first-order chi connectivity index (χ1) is 15.3. The Labute approximate surface area is 189 Å². The van der Waals surface area contributed by atoms with E-state index in [2.05, 4.69) is 10.3 Å². The van der Waals surface area contributed by atoms with Crippen LogP contribution in [0.3, 0.4) is 0 Å². The number of hydrogen-bond donors (Lipinski definition) is 1. The maximum Gasteiger partial charge on any atom is 0.350 e.